The van der Waals surface area contributed by atoms with Crippen LogP contribution in [-0.2, 0) is 0 Å². The van der Waals surface area contributed by atoms with Crippen molar-refractivity contribution in [2.45, 2.75) is 20.8 Å². The van der Waals surface area contributed by atoms with Gasteiger partial charge in [0.1, 0.15) is 0 Å². The maximum atomic E-state index is 12.2. The predicted molar refractivity (Wildman–Crippen MR) is 71.3 cm³/mol. The van der Waals surface area contributed by atoms with E-state index >= 15 is 0 Å². The molecule has 0 heterocycles. The van der Waals surface area contributed by atoms with Gasteiger partial charge in [0.05, 0.1) is 0 Å². The van der Waals surface area contributed by atoms with E-state index in [9.17, 15) is 4.79 Å². The van der Waals surface area contributed by atoms with Crippen molar-refractivity contribution in [3.05, 3.63) is 34.9 Å². The molecule has 1 aromatic rings. The molecule has 1 aromatic carbocycles. The van der Waals surface area contributed by atoms with E-state index in [4.69, 9.17) is 0 Å². The summed E-state index contributed by atoms with van der Waals surface area (Å²) in [5.74, 6) is 0.124. The van der Waals surface area contributed by atoms with Crippen molar-refractivity contribution < 1.29 is 4.79 Å². The minimum Gasteiger partial charge on any atom is -0.338 e. The second-order valence-corrected chi connectivity index (χ2v) is 4.69. The molecule has 0 fully saturated rings. The first-order chi connectivity index (χ1) is 7.60. The number of carbonyl (C=O) groups excluding carboxylic acids is 1. The molecule has 1 amide bonds. The molecule has 3 heteroatoms. The third kappa shape index (κ3) is 3.08. The van der Waals surface area contributed by atoms with Crippen molar-refractivity contribution in [3.8, 4) is 0 Å². The summed E-state index contributed by atoms with van der Waals surface area (Å²) in [6, 6.07) is 5.96. The van der Waals surface area contributed by atoms with Gasteiger partial charge in [-0.25, -0.2) is 0 Å². The molecular weight excluding hydrogens is 266 g/mol. The Morgan fingerprint density at radius 3 is 2.56 bits per heavy atom. The van der Waals surface area contributed by atoms with Gasteiger partial charge in [-0.15, -0.1) is 0 Å². The molecule has 0 N–H and O–H groups in total. The quantitative estimate of drug-likeness (QED) is 0.778. The zero-order valence-electron chi connectivity index (χ0n) is 10.1. The largest absolute Gasteiger partial charge is 0.338 e. The molecule has 1 rings (SSSR count). The Kier molecular flexibility index (Phi) is 5.00. The fraction of sp³-hybridized carbons (Fsp3) is 0.462. The van der Waals surface area contributed by atoms with Gasteiger partial charge in [0.25, 0.3) is 5.91 Å². The lowest BCUT2D eigenvalue weighted by Gasteiger charge is -2.20. The van der Waals surface area contributed by atoms with Crippen molar-refractivity contribution in [2.24, 2.45) is 0 Å². The first-order valence-electron chi connectivity index (χ1n) is 5.52. The van der Waals surface area contributed by atoms with Gasteiger partial charge >= 0.3 is 0 Å². The van der Waals surface area contributed by atoms with Crippen molar-refractivity contribution in [1.82, 2.24) is 4.90 Å². The van der Waals surface area contributed by atoms with Gasteiger partial charge in [-0.2, -0.15) is 0 Å². The monoisotopic (exact) mass is 283 g/mol. The van der Waals surface area contributed by atoms with Crippen molar-refractivity contribution in [1.29, 1.82) is 0 Å². The second kappa shape index (κ2) is 6.04. The SMILES string of the molecule is CCN(CCBr)C(=O)c1ccc(C)cc1C. The lowest BCUT2D eigenvalue weighted by atomic mass is 10.0. The molecule has 0 saturated heterocycles. The van der Waals surface area contributed by atoms with Crippen LogP contribution in [0.15, 0.2) is 18.2 Å². The summed E-state index contributed by atoms with van der Waals surface area (Å²) in [4.78, 5) is 14.1. The smallest absolute Gasteiger partial charge is 0.254 e. The molecular formula is C13H18BrNO. The summed E-state index contributed by atoms with van der Waals surface area (Å²) in [7, 11) is 0. The molecule has 0 radical (unpaired) electrons. The summed E-state index contributed by atoms with van der Waals surface area (Å²) in [5, 5.41) is 0.817. The Morgan fingerprint density at radius 1 is 1.38 bits per heavy atom. The van der Waals surface area contributed by atoms with Crippen molar-refractivity contribution in [2.75, 3.05) is 18.4 Å². The summed E-state index contributed by atoms with van der Waals surface area (Å²) >= 11 is 3.37. The van der Waals surface area contributed by atoms with Crippen LogP contribution < -0.4 is 0 Å². The zero-order chi connectivity index (χ0) is 12.1. The van der Waals surface area contributed by atoms with E-state index in [1.165, 1.54) is 5.56 Å². The molecule has 0 atom stereocenters. The van der Waals surface area contributed by atoms with Gasteiger partial charge in [-0.1, -0.05) is 33.6 Å². The average molecular weight is 284 g/mol. The number of nitrogens with zero attached hydrogens (tertiary/aromatic N) is 1. The van der Waals surface area contributed by atoms with Gasteiger partial charge < -0.3 is 4.90 Å². The average Bonchev–Trinajstić information content (AvgIpc) is 2.25. The van der Waals surface area contributed by atoms with E-state index in [-0.39, 0.29) is 5.91 Å². The molecule has 88 valence electrons. The van der Waals surface area contributed by atoms with Gasteiger partial charge in [0, 0.05) is 24.0 Å². The van der Waals surface area contributed by atoms with Crippen LogP contribution in [0, 0.1) is 13.8 Å². The van der Waals surface area contributed by atoms with Crippen LogP contribution in [0.2, 0.25) is 0 Å². The number of alkyl halides is 1. The molecule has 0 saturated carbocycles. The highest BCUT2D eigenvalue weighted by Gasteiger charge is 2.15. The van der Waals surface area contributed by atoms with Crippen LogP contribution in [0.4, 0.5) is 0 Å². The fourth-order valence-electron chi connectivity index (χ4n) is 1.73. The van der Waals surface area contributed by atoms with E-state index in [1.54, 1.807) is 0 Å². The van der Waals surface area contributed by atoms with E-state index in [0.717, 1.165) is 29.5 Å². The predicted octanol–water partition coefficient (Wildman–Crippen LogP) is 3.16. The molecule has 0 aliphatic heterocycles. The lowest BCUT2D eigenvalue weighted by Crippen LogP contribution is -2.32. The van der Waals surface area contributed by atoms with E-state index in [2.05, 4.69) is 22.0 Å². The summed E-state index contributed by atoms with van der Waals surface area (Å²) in [6.07, 6.45) is 0. The fourth-order valence-corrected chi connectivity index (χ4v) is 2.16. The van der Waals surface area contributed by atoms with Crippen LogP contribution in [0.5, 0.6) is 0 Å². The molecule has 0 bridgehead atoms. The number of hydrogen-bond acceptors (Lipinski definition) is 1. The minimum absolute atomic E-state index is 0.124. The molecule has 2 nitrogen and oxygen atoms in total. The summed E-state index contributed by atoms with van der Waals surface area (Å²) < 4.78 is 0. The Labute approximate surface area is 106 Å². The van der Waals surface area contributed by atoms with Crippen LogP contribution in [0.25, 0.3) is 0 Å². The first-order valence-corrected chi connectivity index (χ1v) is 6.64. The molecule has 0 aliphatic rings. The number of halogens is 1. The number of hydrogen-bond donors (Lipinski definition) is 0. The third-order valence-electron chi connectivity index (χ3n) is 2.64. The highest BCUT2D eigenvalue weighted by Crippen LogP contribution is 2.13. The van der Waals surface area contributed by atoms with Gasteiger partial charge in [0.15, 0.2) is 0 Å². The van der Waals surface area contributed by atoms with Gasteiger partial charge in [0.2, 0.25) is 0 Å². The van der Waals surface area contributed by atoms with Gasteiger partial charge in [-0.05, 0) is 32.4 Å². The van der Waals surface area contributed by atoms with Gasteiger partial charge in [-0.3, -0.25) is 4.79 Å². The molecule has 0 aliphatic carbocycles. The number of carbonyl (C=O) groups is 1. The van der Waals surface area contributed by atoms with Crippen LogP contribution in [0.1, 0.15) is 28.4 Å². The van der Waals surface area contributed by atoms with Crippen LogP contribution in [-0.4, -0.2) is 29.2 Å². The third-order valence-corrected chi connectivity index (χ3v) is 2.99. The number of amides is 1. The zero-order valence-corrected chi connectivity index (χ0v) is 11.7. The summed E-state index contributed by atoms with van der Waals surface area (Å²) in [6.45, 7) is 7.53. The van der Waals surface area contributed by atoms with E-state index in [0.29, 0.717) is 0 Å². The molecule has 16 heavy (non-hydrogen) atoms. The highest BCUT2D eigenvalue weighted by atomic mass is 79.9. The topological polar surface area (TPSA) is 20.3 Å². The minimum atomic E-state index is 0.124. The van der Waals surface area contributed by atoms with Crippen molar-refractivity contribution in [3.63, 3.8) is 0 Å². The van der Waals surface area contributed by atoms with E-state index < -0.39 is 0 Å². The second-order valence-electron chi connectivity index (χ2n) is 3.89. The standard InChI is InChI=1S/C13H18BrNO/c1-4-15(8-7-14)13(16)12-6-5-10(2)9-11(12)3/h5-6,9H,4,7-8H2,1-3H3. The molecule has 0 unspecified atom stereocenters. The van der Waals surface area contributed by atoms with Crippen LogP contribution in [0.3, 0.4) is 0 Å². The van der Waals surface area contributed by atoms with Crippen LogP contribution >= 0.6 is 15.9 Å². The lowest BCUT2D eigenvalue weighted by molar-refractivity contribution is 0.0774. The Hall–Kier alpha value is -0.830. The number of benzene rings is 1. The van der Waals surface area contributed by atoms with E-state index in [1.807, 2.05) is 37.8 Å². The highest BCUT2D eigenvalue weighted by molar-refractivity contribution is 9.09. The summed E-state index contributed by atoms with van der Waals surface area (Å²) in [5.41, 5.74) is 3.06. The Balaban J connectivity index is 2.94. The Morgan fingerprint density at radius 2 is 2.06 bits per heavy atom. The first kappa shape index (κ1) is 13.2. The molecule has 0 spiro atoms. The van der Waals surface area contributed by atoms with Crippen molar-refractivity contribution >= 4 is 21.8 Å². The number of rotatable bonds is 4. The number of aryl methyl sites for hydroxylation is 2. The molecule has 0 aromatic heterocycles. The Bertz CT molecular complexity index is 376. The normalized spacial score (nSPS) is 10.2. The maximum Gasteiger partial charge on any atom is 0.254 e. The maximum absolute atomic E-state index is 12.2.